The summed E-state index contributed by atoms with van der Waals surface area (Å²) < 4.78 is 15.9. The number of hydrogen-bond acceptors (Lipinski definition) is 5. The largest absolute Gasteiger partial charge is 0.350 e. The molecular formula is C23H37O5P. The van der Waals surface area contributed by atoms with E-state index in [1.807, 2.05) is 0 Å². The van der Waals surface area contributed by atoms with E-state index in [4.69, 9.17) is 23.8 Å². The molecule has 1 saturated heterocycles. The van der Waals surface area contributed by atoms with Crippen molar-refractivity contribution >= 4 is 8.60 Å². The van der Waals surface area contributed by atoms with Crippen molar-refractivity contribution in [2.24, 2.45) is 0 Å². The second kappa shape index (κ2) is 18.9. The van der Waals surface area contributed by atoms with Gasteiger partial charge in [0.2, 0.25) is 0 Å². The maximum Gasteiger partial charge on any atom is 0.327 e. The van der Waals surface area contributed by atoms with E-state index in [2.05, 4.69) is 67.7 Å². The van der Waals surface area contributed by atoms with Crippen LogP contribution in [0.5, 0.6) is 0 Å². The Bertz CT molecular complexity index is 525. The molecule has 5 nitrogen and oxygen atoms in total. The molecular weight excluding hydrogens is 387 g/mol. The summed E-state index contributed by atoms with van der Waals surface area (Å²) in [6.45, 7) is 2.75. The lowest BCUT2D eigenvalue weighted by atomic mass is 10.2. The average Bonchev–Trinajstić information content (AvgIpc) is 3.16. The van der Waals surface area contributed by atoms with Gasteiger partial charge in [-0.05, 0) is 51.4 Å². The van der Waals surface area contributed by atoms with Crippen molar-refractivity contribution < 1.29 is 23.8 Å². The van der Waals surface area contributed by atoms with Crippen LogP contribution >= 0.6 is 8.60 Å². The Morgan fingerprint density at radius 2 is 1.41 bits per heavy atom. The first-order valence-corrected chi connectivity index (χ1v) is 11.7. The highest BCUT2D eigenvalue weighted by atomic mass is 31.2. The average molecular weight is 425 g/mol. The highest BCUT2D eigenvalue weighted by molar-refractivity contribution is 7.39. The van der Waals surface area contributed by atoms with Crippen molar-refractivity contribution in [1.29, 1.82) is 0 Å². The van der Waals surface area contributed by atoms with Crippen LogP contribution in [-0.2, 0) is 14.0 Å². The number of rotatable bonds is 16. The van der Waals surface area contributed by atoms with Crippen molar-refractivity contribution in [3.05, 3.63) is 60.8 Å². The topological polar surface area (TPSA) is 68.2 Å². The van der Waals surface area contributed by atoms with E-state index in [0.29, 0.717) is 6.61 Å². The summed E-state index contributed by atoms with van der Waals surface area (Å²) >= 11 is 0. The van der Waals surface area contributed by atoms with Gasteiger partial charge < -0.3 is 23.8 Å². The van der Waals surface area contributed by atoms with E-state index in [9.17, 15) is 0 Å². The molecule has 0 saturated carbocycles. The standard InChI is InChI=1S/C23H37O5P/c1-2-3-4-5-6-7-8-9-10-11-12-13-14-15-16-17-18-19-23-26-20-22(28-23)21-27-29(24)25/h3-4,6-7,9-10,12-13,15-16,22-25H,2,5,8,11,14,17-21H2,1H3/b4-3-,7-6-,10-9-,13-12-,16-15-. The molecule has 0 aromatic carbocycles. The third kappa shape index (κ3) is 16.4. The van der Waals surface area contributed by atoms with E-state index in [-0.39, 0.29) is 19.0 Å². The molecule has 164 valence electrons. The normalized spacial score (nSPS) is 20.8. The molecule has 1 fully saturated rings. The molecule has 0 aromatic heterocycles. The smallest absolute Gasteiger partial charge is 0.327 e. The van der Waals surface area contributed by atoms with Gasteiger partial charge in [-0.15, -0.1) is 0 Å². The summed E-state index contributed by atoms with van der Waals surface area (Å²) in [6.07, 6.45) is 29.5. The highest BCUT2D eigenvalue weighted by Crippen LogP contribution is 2.26. The molecule has 0 spiro atoms. The van der Waals surface area contributed by atoms with Gasteiger partial charge in [0, 0.05) is 0 Å². The molecule has 0 amide bonds. The summed E-state index contributed by atoms with van der Waals surface area (Å²) in [7, 11) is -2.32. The summed E-state index contributed by atoms with van der Waals surface area (Å²) in [5.74, 6) is 0. The molecule has 2 atom stereocenters. The minimum Gasteiger partial charge on any atom is -0.350 e. The molecule has 0 bridgehead atoms. The Balaban J connectivity index is 1.93. The maximum atomic E-state index is 8.73. The number of unbranched alkanes of at least 4 members (excludes halogenated alkanes) is 1. The quantitative estimate of drug-likeness (QED) is 0.184. The van der Waals surface area contributed by atoms with Gasteiger partial charge in [-0.2, -0.15) is 0 Å². The van der Waals surface area contributed by atoms with Crippen LogP contribution in [0.1, 0.15) is 58.3 Å². The van der Waals surface area contributed by atoms with Gasteiger partial charge in [-0.1, -0.05) is 67.7 Å². The molecule has 1 aliphatic rings. The summed E-state index contributed by atoms with van der Waals surface area (Å²) in [6, 6.07) is 0. The van der Waals surface area contributed by atoms with Gasteiger partial charge in [0.1, 0.15) is 6.10 Å². The predicted molar refractivity (Wildman–Crippen MR) is 120 cm³/mol. The lowest BCUT2D eigenvalue weighted by Crippen LogP contribution is -2.17. The first kappa shape index (κ1) is 26.0. The van der Waals surface area contributed by atoms with Gasteiger partial charge in [0.25, 0.3) is 0 Å². The van der Waals surface area contributed by atoms with Crippen LogP contribution < -0.4 is 0 Å². The van der Waals surface area contributed by atoms with Crippen LogP contribution in [0, 0.1) is 0 Å². The maximum absolute atomic E-state index is 8.73. The van der Waals surface area contributed by atoms with Crippen molar-refractivity contribution in [2.45, 2.75) is 70.7 Å². The van der Waals surface area contributed by atoms with Crippen LogP contribution in [0.15, 0.2) is 60.8 Å². The molecule has 1 aliphatic heterocycles. The molecule has 29 heavy (non-hydrogen) atoms. The first-order valence-electron chi connectivity index (χ1n) is 10.5. The van der Waals surface area contributed by atoms with E-state index in [0.717, 1.165) is 51.4 Å². The first-order chi connectivity index (χ1) is 14.2. The van der Waals surface area contributed by atoms with E-state index in [1.54, 1.807) is 0 Å². The molecule has 2 N–H and O–H groups in total. The van der Waals surface area contributed by atoms with Crippen molar-refractivity contribution in [1.82, 2.24) is 0 Å². The molecule has 1 rings (SSSR count). The minimum atomic E-state index is -2.32. The van der Waals surface area contributed by atoms with Crippen LogP contribution in [0.2, 0.25) is 0 Å². The second-order valence-corrected chi connectivity index (χ2v) is 7.47. The Morgan fingerprint density at radius 3 is 1.97 bits per heavy atom. The fourth-order valence-electron chi connectivity index (χ4n) is 2.67. The van der Waals surface area contributed by atoms with Gasteiger partial charge >= 0.3 is 8.60 Å². The fraction of sp³-hybridized carbons (Fsp3) is 0.565. The van der Waals surface area contributed by atoms with E-state index in [1.165, 1.54) is 0 Å². The van der Waals surface area contributed by atoms with Crippen LogP contribution in [0.25, 0.3) is 0 Å². The SMILES string of the molecule is CC/C=C\C/C=C\C/C=C\C/C=C\C/C=C\CCCC1OCC(COP(O)O)O1. The molecule has 0 aliphatic carbocycles. The van der Waals surface area contributed by atoms with Gasteiger partial charge in [0.05, 0.1) is 13.2 Å². The van der Waals surface area contributed by atoms with E-state index < -0.39 is 8.60 Å². The zero-order chi connectivity index (χ0) is 21.0. The van der Waals surface area contributed by atoms with Gasteiger partial charge in [-0.3, -0.25) is 0 Å². The highest BCUT2D eigenvalue weighted by Gasteiger charge is 2.26. The molecule has 1 heterocycles. The fourth-order valence-corrected chi connectivity index (χ4v) is 2.97. The third-order valence-electron chi connectivity index (χ3n) is 4.16. The second-order valence-electron chi connectivity index (χ2n) is 6.71. The molecule has 0 aromatic rings. The Labute approximate surface area is 177 Å². The molecule has 6 heteroatoms. The van der Waals surface area contributed by atoms with Crippen molar-refractivity contribution in [3.8, 4) is 0 Å². The Morgan fingerprint density at radius 1 is 0.862 bits per heavy atom. The van der Waals surface area contributed by atoms with E-state index >= 15 is 0 Å². The summed E-state index contributed by atoms with van der Waals surface area (Å²) in [4.78, 5) is 17.5. The van der Waals surface area contributed by atoms with Gasteiger partial charge in [-0.25, -0.2) is 0 Å². The number of ether oxygens (including phenoxy) is 2. The van der Waals surface area contributed by atoms with Crippen LogP contribution in [0.3, 0.4) is 0 Å². The monoisotopic (exact) mass is 424 g/mol. The minimum absolute atomic E-state index is 0.157. The van der Waals surface area contributed by atoms with Crippen molar-refractivity contribution in [2.75, 3.05) is 13.2 Å². The number of hydrogen-bond donors (Lipinski definition) is 2. The summed E-state index contributed by atoms with van der Waals surface area (Å²) in [5, 5.41) is 0. The lowest BCUT2D eigenvalue weighted by Gasteiger charge is -2.11. The Hall–Kier alpha value is -1.07. The summed E-state index contributed by atoms with van der Waals surface area (Å²) in [5.41, 5.74) is 0. The lowest BCUT2D eigenvalue weighted by molar-refractivity contribution is -0.0686. The van der Waals surface area contributed by atoms with Crippen LogP contribution in [-0.4, -0.2) is 35.4 Å². The predicted octanol–water partition coefficient (Wildman–Crippen LogP) is 5.88. The third-order valence-corrected chi connectivity index (χ3v) is 4.54. The molecule has 0 radical (unpaired) electrons. The Kier molecular flexibility index (Phi) is 16.9. The number of allylic oxidation sites excluding steroid dienone is 10. The zero-order valence-electron chi connectivity index (χ0n) is 17.6. The van der Waals surface area contributed by atoms with Crippen molar-refractivity contribution in [3.63, 3.8) is 0 Å². The van der Waals surface area contributed by atoms with Crippen LogP contribution in [0.4, 0.5) is 0 Å². The van der Waals surface area contributed by atoms with Gasteiger partial charge in [0.15, 0.2) is 6.29 Å². The molecule has 2 unspecified atom stereocenters. The zero-order valence-corrected chi connectivity index (χ0v) is 18.5.